The van der Waals surface area contributed by atoms with E-state index in [0.717, 1.165) is 16.6 Å². The first-order valence-electron chi connectivity index (χ1n) is 6.99. The lowest BCUT2D eigenvalue weighted by Gasteiger charge is -1.99. The van der Waals surface area contributed by atoms with E-state index in [1.807, 2.05) is 26.0 Å². The van der Waals surface area contributed by atoms with Gasteiger partial charge in [-0.1, -0.05) is 11.6 Å². The fraction of sp³-hybridized carbons (Fsp3) is 0.118. The maximum Gasteiger partial charge on any atom is 0.295 e. The molecule has 0 fully saturated rings. The Morgan fingerprint density at radius 3 is 2.57 bits per heavy atom. The first-order chi connectivity index (χ1) is 11.0. The van der Waals surface area contributed by atoms with Gasteiger partial charge in [0.25, 0.3) is 5.91 Å². The summed E-state index contributed by atoms with van der Waals surface area (Å²) in [6.07, 6.45) is 0. The van der Waals surface area contributed by atoms with Gasteiger partial charge < -0.3 is 10.1 Å². The molecule has 0 saturated carbocycles. The predicted molar refractivity (Wildman–Crippen MR) is 84.7 cm³/mol. The summed E-state index contributed by atoms with van der Waals surface area (Å²) in [7, 11) is 0. The molecule has 1 aromatic heterocycles. The summed E-state index contributed by atoms with van der Waals surface area (Å²) in [6.45, 7) is 3.84. The van der Waals surface area contributed by atoms with Crippen molar-refractivity contribution in [2.75, 3.05) is 0 Å². The third kappa shape index (κ3) is 2.83. The summed E-state index contributed by atoms with van der Waals surface area (Å²) in [5.74, 6) is -1.19. The number of azo groups is 1. The molecule has 0 spiro atoms. The molecule has 0 atom stereocenters. The number of H-pyrrole nitrogens is 1. The number of aromatic hydroxyl groups is 1. The number of carbonyl (C=O) groups excluding carboxylic acids is 1. The van der Waals surface area contributed by atoms with E-state index in [0.29, 0.717) is 5.39 Å². The fourth-order valence-corrected chi connectivity index (χ4v) is 2.47. The average molecular weight is 311 g/mol. The summed E-state index contributed by atoms with van der Waals surface area (Å²) in [6, 6.07) is 8.86. The second-order valence-corrected chi connectivity index (χ2v) is 5.34. The van der Waals surface area contributed by atoms with Crippen molar-refractivity contribution < 1.29 is 14.3 Å². The van der Waals surface area contributed by atoms with E-state index >= 15 is 0 Å². The molecule has 5 nitrogen and oxygen atoms in total. The van der Waals surface area contributed by atoms with Crippen molar-refractivity contribution in [3.05, 3.63) is 58.9 Å². The number of nitrogens with one attached hydrogen (secondary N) is 1. The molecule has 3 aromatic rings. The zero-order chi connectivity index (χ0) is 16.6. The van der Waals surface area contributed by atoms with Gasteiger partial charge in [-0.2, -0.15) is 0 Å². The largest absolute Gasteiger partial charge is 0.493 e. The van der Waals surface area contributed by atoms with E-state index in [-0.39, 0.29) is 17.1 Å². The Kier molecular flexibility index (Phi) is 3.65. The van der Waals surface area contributed by atoms with Crippen LogP contribution in [0.3, 0.4) is 0 Å². The van der Waals surface area contributed by atoms with Crippen molar-refractivity contribution in [2.45, 2.75) is 13.8 Å². The minimum atomic E-state index is -0.608. The van der Waals surface area contributed by atoms with Crippen LogP contribution in [-0.2, 0) is 0 Å². The Morgan fingerprint density at radius 2 is 1.87 bits per heavy atom. The molecule has 0 aliphatic rings. The molecule has 0 radical (unpaired) electrons. The average Bonchev–Trinajstić information content (AvgIpc) is 2.82. The van der Waals surface area contributed by atoms with Crippen molar-refractivity contribution in [3.63, 3.8) is 0 Å². The molecule has 1 amide bonds. The van der Waals surface area contributed by atoms with E-state index in [9.17, 15) is 14.3 Å². The number of aromatic amines is 1. The number of aromatic nitrogens is 1. The lowest BCUT2D eigenvalue weighted by molar-refractivity contribution is 0.0995. The molecule has 6 heteroatoms. The molecule has 0 aliphatic heterocycles. The van der Waals surface area contributed by atoms with Crippen LogP contribution >= 0.6 is 0 Å². The van der Waals surface area contributed by atoms with Gasteiger partial charge in [-0.05, 0) is 49.7 Å². The van der Waals surface area contributed by atoms with Gasteiger partial charge in [0, 0.05) is 10.9 Å². The molecule has 116 valence electrons. The number of halogens is 1. The smallest absolute Gasteiger partial charge is 0.295 e. The number of fused-ring (bicyclic) bond motifs is 1. The highest BCUT2D eigenvalue weighted by molar-refractivity contribution is 5.98. The molecule has 0 aliphatic carbocycles. The number of rotatable bonds is 2. The van der Waals surface area contributed by atoms with Crippen LogP contribution in [-0.4, -0.2) is 16.0 Å². The third-order valence-corrected chi connectivity index (χ3v) is 3.53. The number of nitrogens with zero attached hydrogens (tertiary/aromatic N) is 2. The summed E-state index contributed by atoms with van der Waals surface area (Å²) in [4.78, 5) is 14.8. The van der Waals surface area contributed by atoms with Gasteiger partial charge in [-0.15, -0.1) is 10.2 Å². The van der Waals surface area contributed by atoms with Gasteiger partial charge in [0.05, 0.1) is 5.52 Å². The van der Waals surface area contributed by atoms with Crippen molar-refractivity contribution >= 4 is 22.5 Å². The van der Waals surface area contributed by atoms with Crippen molar-refractivity contribution in [3.8, 4) is 5.88 Å². The Balaban J connectivity index is 1.99. The van der Waals surface area contributed by atoms with Crippen LogP contribution in [0.2, 0.25) is 0 Å². The van der Waals surface area contributed by atoms with E-state index in [2.05, 4.69) is 15.2 Å². The molecule has 2 N–H and O–H groups in total. The van der Waals surface area contributed by atoms with Crippen molar-refractivity contribution in [2.24, 2.45) is 10.2 Å². The number of amides is 1. The molecule has 1 heterocycles. The maximum atomic E-state index is 12.9. The number of benzene rings is 2. The Hall–Kier alpha value is -3.02. The van der Waals surface area contributed by atoms with Gasteiger partial charge in [0.1, 0.15) is 5.82 Å². The van der Waals surface area contributed by atoms with E-state index in [1.165, 1.54) is 24.3 Å². The predicted octanol–water partition coefficient (Wildman–Crippen LogP) is 4.55. The number of aryl methyl sites for hydroxylation is 2. The van der Waals surface area contributed by atoms with Crippen LogP contribution in [0.1, 0.15) is 21.5 Å². The van der Waals surface area contributed by atoms with Crippen LogP contribution < -0.4 is 0 Å². The van der Waals surface area contributed by atoms with Crippen LogP contribution in [0.4, 0.5) is 10.1 Å². The highest BCUT2D eigenvalue weighted by Crippen LogP contribution is 2.37. The maximum absolute atomic E-state index is 12.9. The van der Waals surface area contributed by atoms with Crippen molar-refractivity contribution in [1.29, 1.82) is 0 Å². The van der Waals surface area contributed by atoms with E-state index in [4.69, 9.17) is 0 Å². The summed E-state index contributed by atoms with van der Waals surface area (Å²) >= 11 is 0. The number of carbonyl (C=O) groups is 1. The first-order valence-corrected chi connectivity index (χ1v) is 6.99. The van der Waals surface area contributed by atoms with Gasteiger partial charge in [0.15, 0.2) is 5.69 Å². The Bertz CT molecular complexity index is 927. The molecule has 23 heavy (non-hydrogen) atoms. The lowest BCUT2D eigenvalue weighted by atomic mass is 10.1. The minimum absolute atomic E-state index is 0.149. The number of hydrogen-bond donors (Lipinski definition) is 2. The van der Waals surface area contributed by atoms with Gasteiger partial charge in [0.2, 0.25) is 5.88 Å². The van der Waals surface area contributed by atoms with Crippen molar-refractivity contribution in [1.82, 2.24) is 4.98 Å². The quantitative estimate of drug-likeness (QED) is 0.681. The number of hydrogen-bond acceptors (Lipinski definition) is 3. The second kappa shape index (κ2) is 5.64. The van der Waals surface area contributed by atoms with Crippen LogP contribution in [0.15, 0.2) is 46.6 Å². The highest BCUT2D eigenvalue weighted by Gasteiger charge is 2.13. The molecule has 0 bridgehead atoms. The molecule has 3 rings (SSSR count). The molecular weight excluding hydrogens is 297 g/mol. The van der Waals surface area contributed by atoms with Crippen LogP contribution in [0, 0.1) is 19.7 Å². The van der Waals surface area contributed by atoms with Gasteiger partial charge in [-0.25, -0.2) is 4.39 Å². The Morgan fingerprint density at radius 1 is 1.17 bits per heavy atom. The highest BCUT2D eigenvalue weighted by atomic mass is 19.1. The second-order valence-electron chi connectivity index (χ2n) is 5.34. The SMILES string of the molecule is Cc1cc(C)c2[nH]c(O)c(N=NC(=O)c3ccc(F)cc3)c2c1. The van der Waals surface area contributed by atoms with Gasteiger partial charge >= 0.3 is 0 Å². The zero-order valence-corrected chi connectivity index (χ0v) is 12.6. The minimum Gasteiger partial charge on any atom is -0.493 e. The van der Waals surface area contributed by atoms with E-state index < -0.39 is 11.7 Å². The molecule has 0 saturated heterocycles. The molecule has 2 aromatic carbocycles. The van der Waals surface area contributed by atoms with E-state index in [1.54, 1.807) is 0 Å². The molecular formula is C17H14FN3O2. The topological polar surface area (TPSA) is 77.8 Å². The lowest BCUT2D eigenvalue weighted by Crippen LogP contribution is -1.93. The standard InChI is InChI=1S/C17H14FN3O2/c1-9-7-10(2)14-13(8-9)15(17(23)19-14)20-21-16(22)11-3-5-12(18)6-4-11/h3-8,19,23H,1-2H3. The third-order valence-electron chi connectivity index (χ3n) is 3.53. The monoisotopic (exact) mass is 311 g/mol. The van der Waals surface area contributed by atoms with Crippen LogP contribution in [0.5, 0.6) is 5.88 Å². The molecule has 0 unspecified atom stereocenters. The fourth-order valence-electron chi connectivity index (χ4n) is 2.47. The Labute approximate surface area is 131 Å². The normalized spacial score (nSPS) is 11.4. The summed E-state index contributed by atoms with van der Waals surface area (Å²) in [5, 5.41) is 18.2. The summed E-state index contributed by atoms with van der Waals surface area (Å²) < 4.78 is 12.9. The zero-order valence-electron chi connectivity index (χ0n) is 12.6. The summed E-state index contributed by atoms with van der Waals surface area (Å²) in [5.41, 5.74) is 3.15. The van der Waals surface area contributed by atoms with Crippen LogP contribution in [0.25, 0.3) is 10.9 Å². The van der Waals surface area contributed by atoms with Gasteiger partial charge in [-0.3, -0.25) is 4.79 Å². The first kappa shape index (κ1) is 14.9.